The molecule has 1 fully saturated rings. The molecule has 0 heterocycles. The van der Waals surface area contributed by atoms with Gasteiger partial charge in [-0.25, -0.2) is 12.7 Å². The van der Waals surface area contributed by atoms with E-state index < -0.39 is 10.0 Å². The molecule has 1 N–H and O–H groups in total. The smallest absolute Gasteiger partial charge is 0.242 e. The van der Waals surface area contributed by atoms with Crippen molar-refractivity contribution in [1.82, 2.24) is 4.31 Å². The van der Waals surface area contributed by atoms with Crippen LogP contribution < -0.4 is 0 Å². The molecule has 20 heavy (non-hydrogen) atoms. The molecule has 0 atom stereocenters. The molecule has 0 spiro atoms. The van der Waals surface area contributed by atoms with Gasteiger partial charge >= 0.3 is 0 Å². The summed E-state index contributed by atoms with van der Waals surface area (Å²) < 4.78 is 26.2. The van der Waals surface area contributed by atoms with E-state index in [9.17, 15) is 13.5 Å². The third-order valence-corrected chi connectivity index (χ3v) is 5.73. The Hall–Kier alpha value is -0.910. The normalized spacial score (nSPS) is 22.8. The molecule has 1 aliphatic carbocycles. The van der Waals surface area contributed by atoms with Gasteiger partial charge in [-0.1, -0.05) is 25.5 Å². The standard InChI is InChI=1S/C15H23NO3S/c1-3-4-12-5-7-15(8-6-12)20(18,19)16(2)11-13-9-14(17)10-13/h5-8,13-14,17H,3-4,9-11H2,1-2H3. The molecule has 0 amide bonds. The van der Waals surface area contributed by atoms with E-state index in [0.717, 1.165) is 18.4 Å². The van der Waals surface area contributed by atoms with Gasteiger partial charge < -0.3 is 5.11 Å². The second kappa shape index (κ2) is 6.24. The molecule has 0 bridgehead atoms. The highest BCUT2D eigenvalue weighted by molar-refractivity contribution is 7.89. The highest BCUT2D eigenvalue weighted by atomic mass is 32.2. The van der Waals surface area contributed by atoms with Gasteiger partial charge in [0, 0.05) is 13.6 Å². The van der Waals surface area contributed by atoms with Crippen molar-refractivity contribution < 1.29 is 13.5 Å². The molecule has 0 saturated heterocycles. The maximum Gasteiger partial charge on any atom is 0.242 e. The van der Waals surface area contributed by atoms with E-state index >= 15 is 0 Å². The third-order valence-electron chi connectivity index (χ3n) is 3.90. The first kappa shape index (κ1) is 15.5. The Balaban J connectivity index is 2.04. The number of nitrogens with zero attached hydrogens (tertiary/aromatic N) is 1. The van der Waals surface area contributed by atoms with Gasteiger partial charge in [0.05, 0.1) is 11.0 Å². The zero-order valence-electron chi connectivity index (χ0n) is 12.1. The van der Waals surface area contributed by atoms with Crippen LogP contribution in [0.25, 0.3) is 0 Å². The molecule has 0 radical (unpaired) electrons. The number of aryl methyl sites for hydroxylation is 1. The SMILES string of the molecule is CCCc1ccc(S(=O)(=O)N(C)CC2CC(O)C2)cc1. The molecule has 0 aromatic heterocycles. The van der Waals surface area contributed by atoms with E-state index in [0.29, 0.717) is 24.3 Å². The van der Waals surface area contributed by atoms with Gasteiger partial charge in [0.1, 0.15) is 0 Å². The first-order valence-electron chi connectivity index (χ1n) is 7.16. The Labute approximate surface area is 121 Å². The van der Waals surface area contributed by atoms with E-state index in [-0.39, 0.29) is 12.0 Å². The van der Waals surface area contributed by atoms with Crippen molar-refractivity contribution in [3.05, 3.63) is 29.8 Å². The number of aliphatic hydroxyl groups excluding tert-OH is 1. The molecule has 112 valence electrons. The molecular weight excluding hydrogens is 274 g/mol. The second-order valence-corrected chi connectivity index (χ2v) is 7.72. The molecule has 0 aliphatic heterocycles. The van der Waals surface area contributed by atoms with Crippen molar-refractivity contribution in [2.24, 2.45) is 5.92 Å². The van der Waals surface area contributed by atoms with Gasteiger partial charge in [0.2, 0.25) is 10.0 Å². The zero-order chi connectivity index (χ0) is 14.8. The van der Waals surface area contributed by atoms with Crippen LogP contribution in [0, 0.1) is 5.92 Å². The summed E-state index contributed by atoms with van der Waals surface area (Å²) in [5.41, 5.74) is 1.16. The summed E-state index contributed by atoms with van der Waals surface area (Å²) in [4.78, 5) is 0.347. The monoisotopic (exact) mass is 297 g/mol. The van der Waals surface area contributed by atoms with Crippen molar-refractivity contribution in [3.8, 4) is 0 Å². The van der Waals surface area contributed by atoms with Crippen LogP contribution in [-0.4, -0.2) is 37.5 Å². The van der Waals surface area contributed by atoms with Crippen molar-refractivity contribution >= 4 is 10.0 Å². The minimum atomic E-state index is -3.41. The maximum absolute atomic E-state index is 12.4. The van der Waals surface area contributed by atoms with Crippen LogP contribution in [0.15, 0.2) is 29.2 Å². The largest absolute Gasteiger partial charge is 0.393 e. The molecule has 1 saturated carbocycles. The van der Waals surface area contributed by atoms with Crippen molar-refractivity contribution in [2.75, 3.05) is 13.6 Å². The number of rotatable bonds is 6. The van der Waals surface area contributed by atoms with Gasteiger partial charge in [-0.2, -0.15) is 0 Å². The lowest BCUT2D eigenvalue weighted by Gasteiger charge is -2.34. The van der Waals surface area contributed by atoms with Crippen molar-refractivity contribution in [1.29, 1.82) is 0 Å². The van der Waals surface area contributed by atoms with Crippen LogP contribution in [0.2, 0.25) is 0 Å². The van der Waals surface area contributed by atoms with E-state index in [2.05, 4.69) is 6.92 Å². The lowest BCUT2D eigenvalue weighted by Crippen LogP contribution is -2.39. The predicted octanol–water partition coefficient (Wildman–Crippen LogP) is 2.03. The van der Waals surface area contributed by atoms with Gasteiger partial charge in [0.25, 0.3) is 0 Å². The molecule has 1 aromatic carbocycles. The predicted molar refractivity (Wildman–Crippen MR) is 79.0 cm³/mol. The Morgan fingerprint density at radius 2 is 1.85 bits per heavy atom. The van der Waals surface area contributed by atoms with Crippen LogP contribution in [-0.2, 0) is 16.4 Å². The first-order valence-corrected chi connectivity index (χ1v) is 8.61. The highest BCUT2D eigenvalue weighted by Crippen LogP contribution is 2.29. The van der Waals surface area contributed by atoms with Gasteiger partial charge in [-0.05, 0) is 42.9 Å². The fraction of sp³-hybridized carbons (Fsp3) is 0.600. The van der Waals surface area contributed by atoms with Crippen molar-refractivity contribution in [2.45, 2.75) is 43.6 Å². The van der Waals surface area contributed by atoms with Crippen LogP contribution >= 0.6 is 0 Å². The number of benzene rings is 1. The summed E-state index contributed by atoms with van der Waals surface area (Å²) >= 11 is 0. The summed E-state index contributed by atoms with van der Waals surface area (Å²) in [5, 5.41) is 9.26. The number of aliphatic hydroxyl groups is 1. The minimum Gasteiger partial charge on any atom is -0.393 e. The average molecular weight is 297 g/mol. The lowest BCUT2D eigenvalue weighted by atomic mass is 9.82. The Morgan fingerprint density at radius 3 is 2.35 bits per heavy atom. The fourth-order valence-electron chi connectivity index (χ4n) is 2.61. The first-order chi connectivity index (χ1) is 9.43. The summed E-state index contributed by atoms with van der Waals surface area (Å²) in [6.07, 6.45) is 3.18. The van der Waals surface area contributed by atoms with Crippen LogP contribution in [0.4, 0.5) is 0 Å². The molecule has 1 aliphatic rings. The van der Waals surface area contributed by atoms with E-state index in [1.807, 2.05) is 12.1 Å². The topological polar surface area (TPSA) is 57.6 Å². The minimum absolute atomic E-state index is 0.246. The van der Waals surface area contributed by atoms with Gasteiger partial charge in [0.15, 0.2) is 0 Å². The number of hydrogen-bond donors (Lipinski definition) is 1. The Bertz CT molecular complexity index is 533. The molecule has 2 rings (SSSR count). The maximum atomic E-state index is 12.4. The molecular formula is C15H23NO3S. The molecule has 5 heteroatoms. The van der Waals surface area contributed by atoms with Crippen LogP contribution in [0.3, 0.4) is 0 Å². The highest BCUT2D eigenvalue weighted by Gasteiger charge is 2.31. The molecule has 0 unspecified atom stereocenters. The lowest BCUT2D eigenvalue weighted by molar-refractivity contribution is 0.0367. The van der Waals surface area contributed by atoms with E-state index in [4.69, 9.17) is 0 Å². The zero-order valence-corrected chi connectivity index (χ0v) is 12.9. The van der Waals surface area contributed by atoms with Crippen LogP contribution in [0.1, 0.15) is 31.7 Å². The van der Waals surface area contributed by atoms with Gasteiger partial charge in [-0.3, -0.25) is 0 Å². The summed E-state index contributed by atoms with van der Waals surface area (Å²) in [6.45, 7) is 2.58. The second-order valence-electron chi connectivity index (χ2n) is 5.67. The Kier molecular flexibility index (Phi) is 4.83. The summed E-state index contributed by atoms with van der Waals surface area (Å²) in [7, 11) is -1.80. The van der Waals surface area contributed by atoms with E-state index in [1.165, 1.54) is 4.31 Å². The Morgan fingerprint density at radius 1 is 1.25 bits per heavy atom. The van der Waals surface area contributed by atoms with E-state index in [1.54, 1.807) is 19.2 Å². The molecule has 1 aromatic rings. The van der Waals surface area contributed by atoms with Crippen LogP contribution in [0.5, 0.6) is 0 Å². The summed E-state index contributed by atoms with van der Waals surface area (Å²) in [5.74, 6) is 0.282. The van der Waals surface area contributed by atoms with Crippen molar-refractivity contribution in [3.63, 3.8) is 0 Å². The van der Waals surface area contributed by atoms with Gasteiger partial charge in [-0.15, -0.1) is 0 Å². The fourth-order valence-corrected chi connectivity index (χ4v) is 3.86. The average Bonchev–Trinajstić information content (AvgIpc) is 2.38. The third kappa shape index (κ3) is 3.40. The summed E-state index contributed by atoms with van der Waals surface area (Å²) in [6, 6.07) is 7.15. The number of sulfonamides is 1. The number of hydrogen-bond acceptors (Lipinski definition) is 3. The quantitative estimate of drug-likeness (QED) is 0.874. The molecule has 4 nitrogen and oxygen atoms in total.